The van der Waals surface area contributed by atoms with Gasteiger partial charge in [0, 0.05) is 24.5 Å². The molecule has 0 saturated carbocycles. The fraction of sp³-hybridized carbons (Fsp3) is 0.333. The van der Waals surface area contributed by atoms with Crippen LogP contribution in [0, 0.1) is 0 Å². The second-order valence-electron chi connectivity index (χ2n) is 6.25. The van der Waals surface area contributed by atoms with Crippen molar-refractivity contribution in [3.05, 3.63) is 47.5 Å². The minimum atomic E-state index is -0.327. The van der Waals surface area contributed by atoms with Crippen molar-refractivity contribution in [2.24, 2.45) is 5.10 Å². The van der Waals surface area contributed by atoms with Gasteiger partial charge in [-0.3, -0.25) is 4.79 Å². The van der Waals surface area contributed by atoms with Crippen LogP contribution in [0.2, 0.25) is 0 Å². The van der Waals surface area contributed by atoms with Crippen LogP contribution in [0.3, 0.4) is 0 Å². The number of para-hydroxylation sites is 1. The maximum Gasteiger partial charge on any atom is 0.240 e. The molecular weight excluding hydrogens is 360 g/mol. The zero-order chi connectivity index (χ0) is 20.3. The maximum absolute atomic E-state index is 12.3. The van der Waals surface area contributed by atoms with Crippen LogP contribution < -0.4 is 18.9 Å². The summed E-state index contributed by atoms with van der Waals surface area (Å²) >= 11 is 0. The minimum Gasteiger partial charge on any atom is -0.496 e. The lowest BCUT2D eigenvalue weighted by atomic mass is 9.96. The zero-order valence-corrected chi connectivity index (χ0v) is 16.7. The molecule has 7 heteroatoms. The third-order valence-electron chi connectivity index (χ3n) is 4.74. The highest BCUT2D eigenvalue weighted by Crippen LogP contribution is 2.46. The third kappa shape index (κ3) is 3.35. The number of carbonyl (C=O) groups excluding carboxylic acids is 1. The molecule has 3 rings (SSSR count). The summed E-state index contributed by atoms with van der Waals surface area (Å²) in [4.78, 5) is 12.3. The van der Waals surface area contributed by atoms with Crippen LogP contribution in [0.1, 0.15) is 30.5 Å². The Labute approximate surface area is 164 Å². The second-order valence-corrected chi connectivity index (χ2v) is 6.25. The highest BCUT2D eigenvalue weighted by Gasteiger charge is 2.35. The Hall–Kier alpha value is -3.22. The van der Waals surface area contributed by atoms with Crippen molar-refractivity contribution in [2.45, 2.75) is 19.4 Å². The molecular formula is C21H24N2O5. The largest absolute Gasteiger partial charge is 0.496 e. The van der Waals surface area contributed by atoms with Gasteiger partial charge in [-0.25, -0.2) is 5.01 Å². The lowest BCUT2D eigenvalue weighted by Crippen LogP contribution is -2.24. The molecule has 1 aliphatic heterocycles. The van der Waals surface area contributed by atoms with E-state index in [4.69, 9.17) is 18.9 Å². The Morgan fingerprint density at radius 2 is 1.61 bits per heavy atom. The van der Waals surface area contributed by atoms with Gasteiger partial charge in [-0.15, -0.1) is 0 Å². The molecule has 7 nitrogen and oxygen atoms in total. The van der Waals surface area contributed by atoms with Crippen LogP contribution in [0.5, 0.6) is 23.0 Å². The molecule has 1 atom stereocenters. The van der Waals surface area contributed by atoms with Crippen molar-refractivity contribution in [1.29, 1.82) is 0 Å². The first-order valence-corrected chi connectivity index (χ1v) is 8.85. The zero-order valence-electron chi connectivity index (χ0n) is 16.7. The number of ether oxygens (including phenoxy) is 4. The summed E-state index contributed by atoms with van der Waals surface area (Å²) in [7, 11) is 6.30. The number of amides is 1. The number of hydrazone groups is 1. The van der Waals surface area contributed by atoms with Gasteiger partial charge >= 0.3 is 0 Å². The molecule has 2 aromatic rings. The Kier molecular flexibility index (Phi) is 5.73. The van der Waals surface area contributed by atoms with Gasteiger partial charge in [-0.05, 0) is 24.3 Å². The molecule has 0 N–H and O–H groups in total. The molecule has 0 radical (unpaired) electrons. The average Bonchev–Trinajstić information content (AvgIpc) is 3.17. The summed E-state index contributed by atoms with van der Waals surface area (Å²) in [5.74, 6) is 2.11. The summed E-state index contributed by atoms with van der Waals surface area (Å²) in [5.41, 5.74) is 2.43. The quantitative estimate of drug-likeness (QED) is 0.763. The Bertz CT molecular complexity index is 910. The fourth-order valence-electron chi connectivity index (χ4n) is 3.48. The van der Waals surface area contributed by atoms with Gasteiger partial charge < -0.3 is 18.9 Å². The van der Waals surface area contributed by atoms with Crippen LogP contribution in [-0.2, 0) is 4.79 Å². The molecule has 2 aromatic carbocycles. The van der Waals surface area contributed by atoms with Gasteiger partial charge in [0.05, 0.1) is 40.2 Å². The summed E-state index contributed by atoms with van der Waals surface area (Å²) in [6, 6.07) is 11.0. The van der Waals surface area contributed by atoms with E-state index in [1.54, 1.807) is 34.5 Å². The second kappa shape index (κ2) is 8.21. The standard InChI is InChI=1S/C21H24N2O5/c1-13(24)23-17(12-16(22-23)14-8-6-7-9-18(14)25-2)15-10-11-19(26-3)21(28-5)20(15)27-4/h6-11,17H,12H2,1-5H3. The van der Waals surface area contributed by atoms with Gasteiger partial charge in [0.1, 0.15) is 5.75 Å². The highest BCUT2D eigenvalue weighted by molar-refractivity contribution is 6.05. The number of nitrogens with zero attached hydrogens (tertiary/aromatic N) is 2. The molecule has 0 aromatic heterocycles. The van der Waals surface area contributed by atoms with Gasteiger partial charge in [-0.2, -0.15) is 5.10 Å². The molecule has 0 fully saturated rings. The summed E-state index contributed by atoms with van der Waals surface area (Å²) in [6.45, 7) is 1.49. The molecule has 0 aliphatic carbocycles. The summed E-state index contributed by atoms with van der Waals surface area (Å²) in [6.07, 6.45) is 0.520. The van der Waals surface area contributed by atoms with Crippen molar-refractivity contribution in [2.75, 3.05) is 28.4 Å². The van der Waals surface area contributed by atoms with Crippen LogP contribution >= 0.6 is 0 Å². The van der Waals surface area contributed by atoms with E-state index in [-0.39, 0.29) is 11.9 Å². The molecule has 1 aliphatic rings. The first kappa shape index (κ1) is 19.5. The summed E-state index contributed by atoms with van der Waals surface area (Å²) in [5, 5.41) is 6.07. The predicted molar refractivity (Wildman–Crippen MR) is 106 cm³/mol. The molecule has 1 heterocycles. The van der Waals surface area contributed by atoms with Crippen LogP contribution in [0.15, 0.2) is 41.5 Å². The number of rotatable bonds is 6. The van der Waals surface area contributed by atoms with E-state index in [1.165, 1.54) is 11.9 Å². The Morgan fingerprint density at radius 1 is 0.929 bits per heavy atom. The first-order chi connectivity index (χ1) is 13.5. The smallest absolute Gasteiger partial charge is 0.240 e. The third-order valence-corrected chi connectivity index (χ3v) is 4.74. The lowest BCUT2D eigenvalue weighted by Gasteiger charge is -2.24. The Morgan fingerprint density at radius 3 is 2.21 bits per heavy atom. The molecule has 1 unspecified atom stereocenters. The van der Waals surface area contributed by atoms with E-state index < -0.39 is 0 Å². The van der Waals surface area contributed by atoms with E-state index in [9.17, 15) is 4.79 Å². The predicted octanol–water partition coefficient (Wildman–Crippen LogP) is 3.42. The number of hydrogen-bond acceptors (Lipinski definition) is 6. The van der Waals surface area contributed by atoms with Crippen molar-refractivity contribution < 1.29 is 23.7 Å². The molecule has 28 heavy (non-hydrogen) atoms. The van der Waals surface area contributed by atoms with Gasteiger partial charge in [-0.1, -0.05) is 12.1 Å². The average molecular weight is 384 g/mol. The molecule has 148 valence electrons. The fourth-order valence-corrected chi connectivity index (χ4v) is 3.48. The molecule has 0 bridgehead atoms. The van der Waals surface area contributed by atoms with E-state index in [0.717, 1.165) is 16.8 Å². The van der Waals surface area contributed by atoms with E-state index in [2.05, 4.69) is 5.10 Å². The lowest BCUT2D eigenvalue weighted by molar-refractivity contribution is -0.130. The topological polar surface area (TPSA) is 69.6 Å². The van der Waals surface area contributed by atoms with Crippen LogP contribution in [0.4, 0.5) is 0 Å². The summed E-state index contributed by atoms with van der Waals surface area (Å²) < 4.78 is 21.9. The van der Waals surface area contributed by atoms with Crippen molar-refractivity contribution in [3.8, 4) is 23.0 Å². The highest BCUT2D eigenvalue weighted by atomic mass is 16.5. The van der Waals surface area contributed by atoms with E-state index in [1.807, 2.05) is 30.3 Å². The molecule has 0 saturated heterocycles. The number of hydrogen-bond donors (Lipinski definition) is 0. The number of carbonyl (C=O) groups is 1. The SMILES string of the molecule is COc1ccccc1C1=NN(C(C)=O)C(c2ccc(OC)c(OC)c2OC)C1. The van der Waals surface area contributed by atoms with E-state index >= 15 is 0 Å². The molecule has 0 spiro atoms. The Balaban J connectivity index is 2.07. The minimum absolute atomic E-state index is 0.160. The first-order valence-electron chi connectivity index (χ1n) is 8.85. The van der Waals surface area contributed by atoms with Gasteiger partial charge in [0.15, 0.2) is 11.5 Å². The van der Waals surface area contributed by atoms with Crippen molar-refractivity contribution in [3.63, 3.8) is 0 Å². The normalized spacial score (nSPS) is 15.8. The van der Waals surface area contributed by atoms with Crippen molar-refractivity contribution in [1.82, 2.24) is 5.01 Å². The number of methoxy groups -OCH3 is 4. The van der Waals surface area contributed by atoms with Gasteiger partial charge in [0.2, 0.25) is 11.7 Å². The van der Waals surface area contributed by atoms with E-state index in [0.29, 0.717) is 29.4 Å². The van der Waals surface area contributed by atoms with Crippen LogP contribution in [0.25, 0.3) is 0 Å². The van der Waals surface area contributed by atoms with Crippen molar-refractivity contribution >= 4 is 11.6 Å². The monoisotopic (exact) mass is 384 g/mol. The maximum atomic E-state index is 12.3. The molecule has 1 amide bonds. The van der Waals surface area contributed by atoms with Crippen LogP contribution in [-0.4, -0.2) is 45.1 Å². The van der Waals surface area contributed by atoms with Gasteiger partial charge in [0.25, 0.3) is 0 Å². The number of benzene rings is 2.